The summed E-state index contributed by atoms with van der Waals surface area (Å²) in [6, 6.07) is -0.265. The molecule has 0 aromatic carbocycles. The maximum absolute atomic E-state index is 12.0. The second-order valence-corrected chi connectivity index (χ2v) is 12.7. The van der Waals surface area contributed by atoms with Crippen LogP contribution in [0.5, 0.6) is 0 Å². The Labute approximate surface area is 145 Å². The lowest BCUT2D eigenvalue weighted by Crippen LogP contribution is -2.64. The zero-order chi connectivity index (χ0) is 18.7. The van der Waals surface area contributed by atoms with E-state index in [0.717, 1.165) is 0 Å². The van der Waals surface area contributed by atoms with Crippen LogP contribution in [0.1, 0.15) is 47.5 Å². The Morgan fingerprint density at radius 1 is 1.29 bits per heavy atom. The molecule has 7 heteroatoms. The average molecular weight is 358 g/mol. The summed E-state index contributed by atoms with van der Waals surface area (Å²) in [6.07, 6.45) is -0.356. The van der Waals surface area contributed by atoms with E-state index in [1.807, 2.05) is 6.92 Å². The molecular formula is C17H31NO5Si. The predicted molar refractivity (Wildman–Crippen MR) is 94.0 cm³/mol. The number of hydrogen-bond donors (Lipinski definition) is 1. The smallest absolute Gasteiger partial charge is 0.313 e. The van der Waals surface area contributed by atoms with Gasteiger partial charge in [-0.2, -0.15) is 0 Å². The quantitative estimate of drug-likeness (QED) is 0.312. The second kappa shape index (κ2) is 7.78. The van der Waals surface area contributed by atoms with Gasteiger partial charge < -0.3 is 14.5 Å². The molecule has 0 bridgehead atoms. The number of carbonyl (C=O) groups is 3. The fraction of sp³-hybridized carbons (Fsp3) is 0.824. The minimum Gasteiger partial charge on any atom is -0.466 e. The van der Waals surface area contributed by atoms with Gasteiger partial charge in [0.25, 0.3) is 0 Å². The van der Waals surface area contributed by atoms with Gasteiger partial charge in [-0.05, 0) is 32.0 Å². The molecule has 1 aliphatic heterocycles. The SMILES string of the molecule is CCOC(=O)CC(=O)CC1NC(=O)[C@@H]1[C@@H](C)O[Si](C)(C)C(C)(C)C. The lowest BCUT2D eigenvalue weighted by atomic mass is 9.83. The Balaban J connectivity index is 2.62. The van der Waals surface area contributed by atoms with Crippen molar-refractivity contribution in [3.63, 3.8) is 0 Å². The molecule has 1 unspecified atom stereocenters. The van der Waals surface area contributed by atoms with E-state index in [4.69, 9.17) is 9.16 Å². The van der Waals surface area contributed by atoms with Gasteiger partial charge in [0.1, 0.15) is 12.2 Å². The lowest BCUT2D eigenvalue weighted by molar-refractivity contribution is -0.146. The summed E-state index contributed by atoms with van der Waals surface area (Å²) in [4.78, 5) is 35.3. The molecule has 24 heavy (non-hydrogen) atoms. The first kappa shape index (κ1) is 20.8. The first-order chi connectivity index (χ1) is 10.9. The number of hydrogen-bond acceptors (Lipinski definition) is 5. The van der Waals surface area contributed by atoms with Gasteiger partial charge in [0.15, 0.2) is 8.32 Å². The lowest BCUT2D eigenvalue weighted by Gasteiger charge is -2.45. The van der Waals surface area contributed by atoms with Crippen LogP contribution in [0.2, 0.25) is 18.1 Å². The number of carbonyl (C=O) groups excluding carboxylic acids is 3. The monoisotopic (exact) mass is 357 g/mol. The van der Waals surface area contributed by atoms with E-state index >= 15 is 0 Å². The molecule has 0 saturated carbocycles. The molecule has 0 spiro atoms. The summed E-state index contributed by atoms with van der Waals surface area (Å²) in [6.45, 7) is 14.6. The molecule has 1 amide bonds. The maximum atomic E-state index is 12.0. The molecule has 1 saturated heterocycles. The van der Waals surface area contributed by atoms with E-state index in [9.17, 15) is 14.4 Å². The Morgan fingerprint density at radius 2 is 1.88 bits per heavy atom. The van der Waals surface area contributed by atoms with Crippen molar-refractivity contribution in [1.82, 2.24) is 5.32 Å². The molecule has 138 valence electrons. The highest BCUT2D eigenvalue weighted by molar-refractivity contribution is 6.74. The number of nitrogens with one attached hydrogen (secondary N) is 1. The van der Waals surface area contributed by atoms with Gasteiger partial charge in [0.05, 0.1) is 18.6 Å². The van der Waals surface area contributed by atoms with Crippen LogP contribution < -0.4 is 5.32 Å². The van der Waals surface area contributed by atoms with E-state index in [1.165, 1.54) is 0 Å². The Hall–Kier alpha value is -1.21. The van der Waals surface area contributed by atoms with Crippen molar-refractivity contribution < 1.29 is 23.5 Å². The molecule has 1 fully saturated rings. The van der Waals surface area contributed by atoms with Crippen LogP contribution in [0.25, 0.3) is 0 Å². The normalized spacial score (nSPS) is 22.4. The Kier molecular flexibility index (Phi) is 6.75. The third-order valence-electron chi connectivity index (χ3n) is 4.95. The van der Waals surface area contributed by atoms with Crippen molar-refractivity contribution in [2.24, 2.45) is 5.92 Å². The standard InChI is InChI=1S/C17H31NO5Si/c1-8-22-14(20)10-12(19)9-13-15(16(21)18-13)11(2)23-24(6,7)17(3,4)5/h11,13,15H,8-10H2,1-7H3,(H,18,21)/t11-,13?,15-/m1/s1. The summed E-state index contributed by atoms with van der Waals surface area (Å²) in [5.74, 6) is -1.17. The third-order valence-corrected chi connectivity index (χ3v) is 9.52. The zero-order valence-corrected chi connectivity index (χ0v) is 16.9. The van der Waals surface area contributed by atoms with Crippen LogP contribution in [0.4, 0.5) is 0 Å². The summed E-state index contributed by atoms with van der Waals surface area (Å²) < 4.78 is 11.1. The van der Waals surface area contributed by atoms with Crippen LogP contribution in [0.3, 0.4) is 0 Å². The van der Waals surface area contributed by atoms with E-state index in [1.54, 1.807) is 6.92 Å². The second-order valence-electron chi connectivity index (χ2n) is 7.95. The number of Topliss-reactive ketones (excluding diaryl/α,β-unsaturated/α-hetero) is 1. The van der Waals surface area contributed by atoms with Crippen molar-refractivity contribution in [1.29, 1.82) is 0 Å². The summed E-state index contributed by atoms with van der Waals surface area (Å²) in [7, 11) is -1.99. The van der Waals surface area contributed by atoms with Crippen molar-refractivity contribution in [3.05, 3.63) is 0 Å². The van der Waals surface area contributed by atoms with Crippen LogP contribution in [-0.4, -0.2) is 44.7 Å². The number of ketones is 1. The molecule has 0 aromatic rings. The topological polar surface area (TPSA) is 81.7 Å². The van der Waals surface area contributed by atoms with Crippen molar-refractivity contribution in [2.45, 2.75) is 77.7 Å². The average Bonchev–Trinajstić information content (AvgIpc) is 2.35. The highest BCUT2D eigenvalue weighted by atomic mass is 28.4. The summed E-state index contributed by atoms with van der Waals surface area (Å²) in [5, 5.41) is 2.81. The summed E-state index contributed by atoms with van der Waals surface area (Å²) in [5.41, 5.74) is 0. The van der Waals surface area contributed by atoms with Gasteiger partial charge >= 0.3 is 5.97 Å². The first-order valence-corrected chi connectivity index (χ1v) is 11.5. The van der Waals surface area contributed by atoms with Crippen molar-refractivity contribution in [3.8, 4) is 0 Å². The van der Waals surface area contributed by atoms with Crippen LogP contribution in [0.15, 0.2) is 0 Å². The van der Waals surface area contributed by atoms with Gasteiger partial charge in [-0.15, -0.1) is 0 Å². The minimum absolute atomic E-state index is 0.0523. The van der Waals surface area contributed by atoms with Crippen LogP contribution >= 0.6 is 0 Å². The number of amides is 1. The fourth-order valence-electron chi connectivity index (χ4n) is 2.58. The van der Waals surface area contributed by atoms with Crippen molar-refractivity contribution >= 4 is 26.0 Å². The molecule has 0 radical (unpaired) electrons. The molecule has 1 rings (SSSR count). The third kappa shape index (κ3) is 5.14. The molecular weight excluding hydrogens is 326 g/mol. The van der Waals surface area contributed by atoms with Crippen molar-refractivity contribution in [2.75, 3.05) is 6.61 Å². The Bertz CT molecular complexity index is 498. The highest BCUT2D eigenvalue weighted by Gasteiger charge is 2.47. The van der Waals surface area contributed by atoms with Gasteiger partial charge in [0.2, 0.25) is 5.91 Å². The first-order valence-electron chi connectivity index (χ1n) is 8.54. The zero-order valence-electron chi connectivity index (χ0n) is 15.9. The molecule has 0 aliphatic carbocycles. The molecule has 1 heterocycles. The van der Waals surface area contributed by atoms with Gasteiger partial charge in [-0.1, -0.05) is 20.8 Å². The molecule has 0 aromatic heterocycles. The predicted octanol–water partition coefficient (Wildman–Crippen LogP) is 2.42. The van der Waals surface area contributed by atoms with E-state index in [-0.39, 0.29) is 54.2 Å². The Morgan fingerprint density at radius 3 is 2.33 bits per heavy atom. The number of rotatable bonds is 8. The summed E-state index contributed by atoms with van der Waals surface area (Å²) >= 11 is 0. The number of esters is 1. The molecule has 1 aliphatic rings. The van der Waals surface area contributed by atoms with Crippen LogP contribution in [-0.2, 0) is 23.5 Å². The highest BCUT2D eigenvalue weighted by Crippen LogP contribution is 2.39. The van der Waals surface area contributed by atoms with E-state index < -0.39 is 14.3 Å². The maximum Gasteiger partial charge on any atom is 0.313 e. The van der Waals surface area contributed by atoms with E-state index in [0.29, 0.717) is 0 Å². The molecule has 1 N–H and O–H groups in total. The minimum atomic E-state index is -1.99. The van der Waals surface area contributed by atoms with Gasteiger partial charge in [-0.3, -0.25) is 14.4 Å². The molecule has 3 atom stereocenters. The largest absolute Gasteiger partial charge is 0.466 e. The van der Waals surface area contributed by atoms with Gasteiger partial charge in [-0.25, -0.2) is 0 Å². The van der Waals surface area contributed by atoms with Gasteiger partial charge in [0, 0.05) is 12.5 Å². The number of ether oxygens (including phenoxy) is 1. The fourth-order valence-corrected chi connectivity index (χ4v) is 4.01. The van der Waals surface area contributed by atoms with Crippen LogP contribution in [0, 0.1) is 5.92 Å². The molecule has 6 nitrogen and oxygen atoms in total. The number of β-lactam (4-membered cyclic amide) rings is 1. The van der Waals surface area contributed by atoms with E-state index in [2.05, 4.69) is 39.2 Å².